The Morgan fingerprint density at radius 1 is 1.00 bits per heavy atom. The molecule has 0 aliphatic rings. The number of nitrogens with zero attached hydrogens (tertiary/aromatic N) is 1. The van der Waals surface area contributed by atoms with Crippen molar-refractivity contribution in [2.24, 2.45) is 0 Å². The summed E-state index contributed by atoms with van der Waals surface area (Å²) in [5, 5.41) is 12.3. The van der Waals surface area contributed by atoms with Crippen molar-refractivity contribution in [3.05, 3.63) is 95.1 Å². The van der Waals surface area contributed by atoms with Crippen LogP contribution >= 0.6 is 11.8 Å². The number of carbonyl (C=O) groups is 1. The van der Waals surface area contributed by atoms with Crippen LogP contribution in [0.15, 0.2) is 83.3 Å². The van der Waals surface area contributed by atoms with Crippen LogP contribution in [0.3, 0.4) is 0 Å². The standard InChI is InChI=1S/C26H24N2O2S/c1-19-7-11-23(12-8-19)28-26(29)22(18-27)17-21-5-3-4-6-25(21)30-15-16-31-24-13-9-20(2)10-14-24/h3-14,17H,15-16H2,1-2H3,(H,28,29). The number of nitrogens with one attached hydrogen (secondary N) is 1. The first-order chi connectivity index (χ1) is 15.0. The number of hydrogen-bond donors (Lipinski definition) is 1. The summed E-state index contributed by atoms with van der Waals surface area (Å²) < 4.78 is 5.93. The molecule has 4 nitrogen and oxygen atoms in total. The fraction of sp³-hybridized carbons (Fsp3) is 0.154. The van der Waals surface area contributed by atoms with Gasteiger partial charge in [-0.1, -0.05) is 53.6 Å². The van der Waals surface area contributed by atoms with Crippen LogP contribution in [0.5, 0.6) is 5.75 Å². The largest absolute Gasteiger partial charge is 0.492 e. The summed E-state index contributed by atoms with van der Waals surface area (Å²) in [4.78, 5) is 13.7. The van der Waals surface area contributed by atoms with Crippen LogP contribution in [0.4, 0.5) is 5.69 Å². The lowest BCUT2D eigenvalue weighted by Gasteiger charge is -2.10. The molecule has 0 unspecified atom stereocenters. The lowest BCUT2D eigenvalue weighted by Crippen LogP contribution is -2.13. The smallest absolute Gasteiger partial charge is 0.266 e. The maximum absolute atomic E-state index is 12.5. The molecular formula is C26H24N2O2S. The van der Waals surface area contributed by atoms with Gasteiger partial charge in [-0.05, 0) is 50.3 Å². The van der Waals surface area contributed by atoms with E-state index in [1.165, 1.54) is 10.5 Å². The van der Waals surface area contributed by atoms with Gasteiger partial charge in [0.15, 0.2) is 0 Å². The average molecular weight is 429 g/mol. The van der Waals surface area contributed by atoms with Gasteiger partial charge in [0.05, 0.1) is 6.61 Å². The van der Waals surface area contributed by atoms with E-state index in [1.807, 2.05) is 61.5 Å². The van der Waals surface area contributed by atoms with Crippen molar-refractivity contribution in [2.75, 3.05) is 17.7 Å². The lowest BCUT2D eigenvalue weighted by molar-refractivity contribution is -0.112. The van der Waals surface area contributed by atoms with Gasteiger partial charge in [0.25, 0.3) is 5.91 Å². The van der Waals surface area contributed by atoms with Gasteiger partial charge in [-0.15, -0.1) is 11.8 Å². The van der Waals surface area contributed by atoms with E-state index in [4.69, 9.17) is 4.74 Å². The molecule has 1 amide bonds. The monoisotopic (exact) mass is 428 g/mol. The summed E-state index contributed by atoms with van der Waals surface area (Å²) in [6, 6.07) is 25.2. The van der Waals surface area contributed by atoms with Gasteiger partial charge in [0, 0.05) is 21.9 Å². The van der Waals surface area contributed by atoms with E-state index in [0.29, 0.717) is 23.6 Å². The number of anilines is 1. The van der Waals surface area contributed by atoms with Crippen LogP contribution in [0.25, 0.3) is 6.08 Å². The highest BCUT2D eigenvalue weighted by molar-refractivity contribution is 7.99. The summed E-state index contributed by atoms with van der Waals surface area (Å²) in [7, 11) is 0. The van der Waals surface area contributed by atoms with Gasteiger partial charge in [0.1, 0.15) is 17.4 Å². The average Bonchev–Trinajstić information content (AvgIpc) is 2.78. The first kappa shape index (κ1) is 22.2. The van der Waals surface area contributed by atoms with Crippen molar-refractivity contribution in [2.45, 2.75) is 18.7 Å². The molecule has 3 rings (SSSR count). The normalized spacial score (nSPS) is 10.9. The molecule has 0 aromatic heterocycles. The Bertz CT molecular complexity index is 1100. The minimum absolute atomic E-state index is 0.0191. The molecule has 3 aromatic rings. The Morgan fingerprint density at radius 3 is 2.32 bits per heavy atom. The first-order valence-corrected chi connectivity index (χ1v) is 10.9. The van der Waals surface area contributed by atoms with Crippen molar-refractivity contribution in [3.8, 4) is 11.8 Å². The van der Waals surface area contributed by atoms with Crippen LogP contribution in [0, 0.1) is 25.2 Å². The molecule has 0 aliphatic heterocycles. The summed E-state index contributed by atoms with van der Waals surface area (Å²) in [6.45, 7) is 4.56. The number of thioether (sulfide) groups is 1. The fourth-order valence-corrected chi connectivity index (χ4v) is 3.55. The number of carbonyl (C=O) groups excluding carboxylic acids is 1. The van der Waals surface area contributed by atoms with Gasteiger partial charge in [-0.25, -0.2) is 0 Å². The Morgan fingerprint density at radius 2 is 1.65 bits per heavy atom. The van der Waals surface area contributed by atoms with Gasteiger partial charge >= 0.3 is 0 Å². The van der Waals surface area contributed by atoms with Crippen molar-refractivity contribution in [1.29, 1.82) is 5.26 Å². The predicted octanol–water partition coefficient (Wildman–Crippen LogP) is 6.02. The number of amides is 1. The van der Waals surface area contributed by atoms with E-state index >= 15 is 0 Å². The number of hydrogen-bond acceptors (Lipinski definition) is 4. The third kappa shape index (κ3) is 6.77. The van der Waals surface area contributed by atoms with Crippen molar-refractivity contribution < 1.29 is 9.53 Å². The zero-order valence-corrected chi connectivity index (χ0v) is 18.4. The van der Waals surface area contributed by atoms with Crippen molar-refractivity contribution in [3.63, 3.8) is 0 Å². The third-order valence-corrected chi connectivity index (χ3v) is 5.50. The predicted molar refractivity (Wildman–Crippen MR) is 127 cm³/mol. The molecule has 0 radical (unpaired) electrons. The van der Waals surface area contributed by atoms with Gasteiger partial charge in [-0.2, -0.15) is 5.26 Å². The van der Waals surface area contributed by atoms with E-state index in [2.05, 4.69) is 36.5 Å². The van der Waals surface area contributed by atoms with Gasteiger partial charge in [-0.3, -0.25) is 4.79 Å². The summed E-state index contributed by atoms with van der Waals surface area (Å²) in [6.07, 6.45) is 1.56. The lowest BCUT2D eigenvalue weighted by atomic mass is 10.1. The number of ether oxygens (including phenoxy) is 1. The Labute approximate surface area is 187 Å². The molecule has 0 heterocycles. The Balaban J connectivity index is 1.63. The van der Waals surface area contributed by atoms with E-state index in [9.17, 15) is 10.1 Å². The highest BCUT2D eigenvalue weighted by Gasteiger charge is 2.11. The van der Waals surface area contributed by atoms with E-state index < -0.39 is 5.91 Å². The fourth-order valence-electron chi connectivity index (χ4n) is 2.82. The van der Waals surface area contributed by atoms with Crippen LogP contribution in [-0.2, 0) is 4.79 Å². The van der Waals surface area contributed by atoms with Crippen LogP contribution in [0.1, 0.15) is 16.7 Å². The Hall–Kier alpha value is -3.49. The number of rotatable bonds is 8. The van der Waals surface area contributed by atoms with Crippen LogP contribution in [-0.4, -0.2) is 18.3 Å². The maximum Gasteiger partial charge on any atom is 0.266 e. The molecule has 0 spiro atoms. The van der Waals surface area contributed by atoms with Gasteiger partial charge in [0.2, 0.25) is 0 Å². The quantitative estimate of drug-likeness (QED) is 0.206. The molecule has 0 saturated heterocycles. The van der Waals surface area contributed by atoms with E-state index in [-0.39, 0.29) is 5.57 Å². The molecule has 1 N–H and O–H groups in total. The highest BCUT2D eigenvalue weighted by Crippen LogP contribution is 2.23. The molecule has 156 valence electrons. The second kappa shape index (κ2) is 11.1. The molecule has 0 fully saturated rings. The molecule has 0 bridgehead atoms. The maximum atomic E-state index is 12.5. The zero-order valence-electron chi connectivity index (χ0n) is 17.6. The van der Waals surface area contributed by atoms with Crippen LogP contribution in [0.2, 0.25) is 0 Å². The summed E-state index contributed by atoms with van der Waals surface area (Å²) in [5.41, 5.74) is 3.69. The third-order valence-electron chi connectivity index (χ3n) is 4.52. The number of benzene rings is 3. The van der Waals surface area contributed by atoms with E-state index in [0.717, 1.165) is 11.3 Å². The highest BCUT2D eigenvalue weighted by atomic mass is 32.2. The second-order valence-electron chi connectivity index (χ2n) is 7.04. The molecular weight excluding hydrogens is 404 g/mol. The minimum Gasteiger partial charge on any atom is -0.492 e. The molecule has 5 heteroatoms. The Kier molecular flexibility index (Phi) is 7.91. The second-order valence-corrected chi connectivity index (χ2v) is 8.21. The molecule has 31 heavy (non-hydrogen) atoms. The molecule has 0 saturated carbocycles. The zero-order chi connectivity index (χ0) is 22.1. The van der Waals surface area contributed by atoms with Crippen molar-refractivity contribution in [1.82, 2.24) is 0 Å². The molecule has 0 atom stereocenters. The summed E-state index contributed by atoms with van der Waals surface area (Å²) in [5.74, 6) is 0.985. The number of aryl methyl sites for hydroxylation is 2. The SMILES string of the molecule is Cc1ccc(NC(=O)C(C#N)=Cc2ccccc2OCCSc2ccc(C)cc2)cc1. The van der Waals surface area contributed by atoms with Gasteiger partial charge < -0.3 is 10.1 Å². The number of nitriles is 1. The van der Waals surface area contributed by atoms with Crippen LogP contribution < -0.4 is 10.1 Å². The minimum atomic E-state index is -0.448. The molecule has 0 aliphatic carbocycles. The summed E-state index contributed by atoms with van der Waals surface area (Å²) >= 11 is 1.72. The van der Waals surface area contributed by atoms with Crippen molar-refractivity contribution >= 4 is 29.4 Å². The first-order valence-electron chi connectivity index (χ1n) is 9.96. The molecule has 3 aromatic carbocycles. The van der Waals surface area contributed by atoms with E-state index in [1.54, 1.807) is 17.8 Å². The topological polar surface area (TPSA) is 62.1 Å². The number of para-hydroxylation sites is 1.